The van der Waals surface area contributed by atoms with Gasteiger partial charge in [-0.1, -0.05) is 30.3 Å². The van der Waals surface area contributed by atoms with E-state index in [4.69, 9.17) is 0 Å². The molecule has 114 valence electrons. The molecule has 3 nitrogen and oxygen atoms in total. The largest absolute Gasteiger partial charge is 0.319 e. The molecule has 0 saturated heterocycles. The number of sulfone groups is 1. The molecule has 0 spiro atoms. The maximum absolute atomic E-state index is 12.1. The van der Waals surface area contributed by atoms with Crippen LogP contribution in [0.1, 0.15) is 45.1 Å². The lowest BCUT2D eigenvalue weighted by Crippen LogP contribution is -2.30. The van der Waals surface area contributed by atoms with E-state index in [0.29, 0.717) is 12.3 Å². The molecule has 0 heterocycles. The Morgan fingerprint density at radius 1 is 1.15 bits per heavy atom. The van der Waals surface area contributed by atoms with Crippen molar-refractivity contribution in [2.24, 2.45) is 0 Å². The van der Waals surface area contributed by atoms with Crippen LogP contribution in [0.4, 0.5) is 0 Å². The summed E-state index contributed by atoms with van der Waals surface area (Å²) in [5.74, 6) is 0.639. The van der Waals surface area contributed by atoms with Gasteiger partial charge in [-0.2, -0.15) is 0 Å². The van der Waals surface area contributed by atoms with Crippen LogP contribution in [0, 0.1) is 0 Å². The topological polar surface area (TPSA) is 46.2 Å². The highest BCUT2D eigenvalue weighted by molar-refractivity contribution is 7.92. The highest BCUT2D eigenvalue weighted by atomic mass is 32.2. The molecule has 1 atom stereocenters. The standard InChI is InChI=1S/C16H27NO2S/c1-16(2,3)20(18,19)12-8-11-15(13-17-4)14-9-6-5-7-10-14/h5-7,9-10,15,17H,8,11-13H2,1-4H3. The van der Waals surface area contributed by atoms with Crippen molar-refractivity contribution in [3.05, 3.63) is 35.9 Å². The van der Waals surface area contributed by atoms with Crippen LogP contribution >= 0.6 is 0 Å². The fraction of sp³-hybridized carbons (Fsp3) is 0.625. The summed E-state index contributed by atoms with van der Waals surface area (Å²) in [6.07, 6.45) is 1.60. The van der Waals surface area contributed by atoms with E-state index < -0.39 is 14.6 Å². The first-order valence-electron chi connectivity index (χ1n) is 7.20. The van der Waals surface area contributed by atoms with Gasteiger partial charge in [0.2, 0.25) is 0 Å². The van der Waals surface area contributed by atoms with Gasteiger partial charge in [0.05, 0.1) is 10.5 Å². The predicted molar refractivity (Wildman–Crippen MR) is 85.9 cm³/mol. The second-order valence-electron chi connectivity index (χ2n) is 6.24. The zero-order valence-corrected chi connectivity index (χ0v) is 13.8. The Hall–Kier alpha value is -0.870. The maximum atomic E-state index is 12.1. The van der Waals surface area contributed by atoms with Crippen LogP contribution in [-0.2, 0) is 9.84 Å². The molecular formula is C16H27NO2S. The van der Waals surface area contributed by atoms with E-state index in [9.17, 15) is 8.42 Å². The van der Waals surface area contributed by atoms with E-state index in [-0.39, 0.29) is 5.75 Å². The lowest BCUT2D eigenvalue weighted by Gasteiger charge is -2.21. The molecule has 0 bridgehead atoms. The summed E-state index contributed by atoms with van der Waals surface area (Å²) in [6, 6.07) is 10.3. The third-order valence-electron chi connectivity index (χ3n) is 3.62. The summed E-state index contributed by atoms with van der Waals surface area (Å²) in [5.41, 5.74) is 1.27. The number of nitrogens with one attached hydrogen (secondary N) is 1. The van der Waals surface area contributed by atoms with Crippen molar-refractivity contribution in [3.63, 3.8) is 0 Å². The Morgan fingerprint density at radius 2 is 1.75 bits per heavy atom. The minimum Gasteiger partial charge on any atom is -0.319 e. The van der Waals surface area contributed by atoms with Crippen molar-refractivity contribution in [1.82, 2.24) is 5.32 Å². The zero-order chi connectivity index (χ0) is 15.2. The molecule has 20 heavy (non-hydrogen) atoms. The number of hydrogen-bond acceptors (Lipinski definition) is 3. The molecule has 1 aromatic carbocycles. The first-order valence-corrected chi connectivity index (χ1v) is 8.85. The molecule has 0 aromatic heterocycles. The second-order valence-corrected chi connectivity index (χ2v) is 9.10. The monoisotopic (exact) mass is 297 g/mol. The molecule has 1 N–H and O–H groups in total. The third kappa shape index (κ3) is 4.91. The van der Waals surface area contributed by atoms with Gasteiger partial charge in [0.1, 0.15) is 0 Å². The molecule has 0 radical (unpaired) electrons. The zero-order valence-electron chi connectivity index (χ0n) is 13.0. The van der Waals surface area contributed by atoms with E-state index in [2.05, 4.69) is 17.4 Å². The van der Waals surface area contributed by atoms with Crippen LogP contribution in [0.15, 0.2) is 30.3 Å². The molecule has 0 aliphatic heterocycles. The van der Waals surface area contributed by atoms with Gasteiger partial charge in [0.25, 0.3) is 0 Å². The van der Waals surface area contributed by atoms with E-state index in [1.54, 1.807) is 20.8 Å². The SMILES string of the molecule is CNCC(CCCS(=O)(=O)C(C)(C)C)c1ccccc1. The van der Waals surface area contributed by atoms with Gasteiger partial charge in [0.15, 0.2) is 9.84 Å². The molecule has 0 aliphatic rings. The van der Waals surface area contributed by atoms with Crippen LogP contribution in [0.25, 0.3) is 0 Å². The number of likely N-dealkylation sites (N-methyl/N-ethyl adjacent to an activating group) is 1. The van der Waals surface area contributed by atoms with Gasteiger partial charge < -0.3 is 5.32 Å². The first kappa shape index (κ1) is 17.2. The smallest absolute Gasteiger partial charge is 0.155 e. The third-order valence-corrected chi connectivity index (χ3v) is 6.31. The summed E-state index contributed by atoms with van der Waals surface area (Å²) < 4.78 is 23.6. The van der Waals surface area contributed by atoms with Gasteiger partial charge in [-0.15, -0.1) is 0 Å². The van der Waals surface area contributed by atoms with Gasteiger partial charge >= 0.3 is 0 Å². The first-order chi connectivity index (χ1) is 9.28. The normalized spacial score (nSPS) is 14.2. The van der Waals surface area contributed by atoms with Gasteiger partial charge in [-0.3, -0.25) is 0 Å². The van der Waals surface area contributed by atoms with Crippen LogP contribution < -0.4 is 5.32 Å². The van der Waals surface area contributed by atoms with Crippen molar-refractivity contribution in [3.8, 4) is 0 Å². The molecule has 0 saturated carbocycles. The van der Waals surface area contributed by atoms with E-state index in [0.717, 1.165) is 13.0 Å². The van der Waals surface area contributed by atoms with Crippen molar-refractivity contribution in [1.29, 1.82) is 0 Å². The average molecular weight is 297 g/mol. The molecule has 1 unspecified atom stereocenters. The lowest BCUT2D eigenvalue weighted by atomic mass is 9.94. The minimum absolute atomic E-state index is 0.267. The molecule has 0 amide bonds. The van der Waals surface area contributed by atoms with Gasteiger partial charge in [-0.05, 0) is 52.1 Å². The van der Waals surface area contributed by atoms with E-state index in [1.807, 2.05) is 25.2 Å². The molecule has 0 aliphatic carbocycles. The summed E-state index contributed by atoms with van der Waals surface area (Å²) >= 11 is 0. The molecule has 0 fully saturated rings. The molecule has 1 aromatic rings. The molecule has 1 rings (SSSR count). The molecular weight excluding hydrogens is 270 g/mol. The Labute approximate surface area is 123 Å². The number of rotatable bonds is 7. The van der Waals surface area contributed by atoms with Gasteiger partial charge in [0, 0.05) is 6.54 Å². The minimum atomic E-state index is -3.01. The second kappa shape index (κ2) is 7.23. The van der Waals surface area contributed by atoms with Gasteiger partial charge in [-0.25, -0.2) is 8.42 Å². The Kier molecular flexibility index (Phi) is 6.21. The number of benzene rings is 1. The average Bonchev–Trinajstić information content (AvgIpc) is 2.37. The summed E-state index contributed by atoms with van der Waals surface area (Å²) in [6.45, 7) is 6.18. The summed E-state index contributed by atoms with van der Waals surface area (Å²) in [5, 5.41) is 3.19. The highest BCUT2D eigenvalue weighted by Gasteiger charge is 2.28. The van der Waals surface area contributed by atoms with Crippen molar-refractivity contribution in [2.75, 3.05) is 19.3 Å². The summed E-state index contributed by atoms with van der Waals surface area (Å²) in [4.78, 5) is 0. The lowest BCUT2D eigenvalue weighted by molar-refractivity contribution is 0.542. The fourth-order valence-corrected chi connectivity index (χ4v) is 3.34. The Balaban J connectivity index is 2.62. The van der Waals surface area contributed by atoms with Crippen LogP contribution in [0.2, 0.25) is 0 Å². The number of hydrogen-bond donors (Lipinski definition) is 1. The quantitative estimate of drug-likeness (QED) is 0.841. The van der Waals surface area contributed by atoms with Crippen molar-refractivity contribution in [2.45, 2.75) is 44.3 Å². The Bertz CT molecular complexity index is 489. The summed E-state index contributed by atoms with van der Waals surface area (Å²) in [7, 11) is -1.08. The van der Waals surface area contributed by atoms with Crippen molar-refractivity contribution >= 4 is 9.84 Å². The highest BCUT2D eigenvalue weighted by Crippen LogP contribution is 2.23. The van der Waals surface area contributed by atoms with E-state index >= 15 is 0 Å². The fourth-order valence-electron chi connectivity index (χ4n) is 2.18. The van der Waals surface area contributed by atoms with Crippen LogP contribution in [0.5, 0.6) is 0 Å². The molecule has 4 heteroatoms. The van der Waals surface area contributed by atoms with Crippen molar-refractivity contribution < 1.29 is 8.42 Å². The van der Waals surface area contributed by atoms with Crippen LogP contribution in [-0.4, -0.2) is 32.5 Å². The van der Waals surface area contributed by atoms with Crippen LogP contribution in [0.3, 0.4) is 0 Å². The maximum Gasteiger partial charge on any atom is 0.155 e. The van der Waals surface area contributed by atoms with E-state index in [1.165, 1.54) is 5.56 Å². The Morgan fingerprint density at radius 3 is 2.25 bits per heavy atom. The predicted octanol–water partition coefficient (Wildman–Crippen LogP) is 2.98.